The van der Waals surface area contributed by atoms with Crippen LogP contribution in [0.2, 0.25) is 0 Å². The Morgan fingerprint density at radius 1 is 1.23 bits per heavy atom. The van der Waals surface area contributed by atoms with Gasteiger partial charge in [-0.05, 0) is 51.1 Å². The average molecular weight is 301 g/mol. The van der Waals surface area contributed by atoms with Gasteiger partial charge in [-0.15, -0.1) is 0 Å². The van der Waals surface area contributed by atoms with Crippen molar-refractivity contribution in [3.8, 4) is 5.69 Å². The van der Waals surface area contributed by atoms with E-state index in [2.05, 4.69) is 10.4 Å². The van der Waals surface area contributed by atoms with Crippen LogP contribution in [0.4, 0.5) is 0 Å². The number of carboxylic acid groups (broad SMARTS) is 1. The van der Waals surface area contributed by atoms with Crippen molar-refractivity contribution in [2.24, 2.45) is 5.41 Å². The molecule has 0 unspecified atom stereocenters. The number of amides is 1. The van der Waals surface area contributed by atoms with E-state index in [1.54, 1.807) is 49.0 Å². The van der Waals surface area contributed by atoms with Gasteiger partial charge in [-0.2, -0.15) is 5.10 Å². The minimum absolute atomic E-state index is 0.0706. The fraction of sp³-hybridized carbons (Fsp3) is 0.312. The van der Waals surface area contributed by atoms with E-state index in [9.17, 15) is 9.59 Å². The van der Waals surface area contributed by atoms with Crippen LogP contribution in [0.1, 0.15) is 29.9 Å². The number of aliphatic carboxylic acids is 1. The van der Waals surface area contributed by atoms with E-state index in [-0.39, 0.29) is 12.5 Å². The molecule has 116 valence electrons. The van der Waals surface area contributed by atoms with Crippen LogP contribution in [-0.2, 0) is 4.79 Å². The quantitative estimate of drug-likeness (QED) is 0.885. The molecule has 6 nitrogen and oxygen atoms in total. The van der Waals surface area contributed by atoms with Crippen LogP contribution in [0.3, 0.4) is 0 Å². The minimum atomic E-state index is -0.998. The van der Waals surface area contributed by atoms with Crippen LogP contribution in [0.15, 0.2) is 36.5 Å². The fourth-order valence-electron chi connectivity index (χ4n) is 1.87. The molecule has 0 aliphatic heterocycles. The van der Waals surface area contributed by atoms with Gasteiger partial charge in [0.1, 0.15) is 0 Å². The van der Waals surface area contributed by atoms with Crippen molar-refractivity contribution >= 4 is 11.9 Å². The number of carboxylic acids is 1. The summed E-state index contributed by atoms with van der Waals surface area (Å²) in [5, 5.41) is 15.9. The number of carbonyl (C=O) groups excluding carboxylic acids is 1. The van der Waals surface area contributed by atoms with Gasteiger partial charge in [0.25, 0.3) is 5.91 Å². The number of hydrogen-bond acceptors (Lipinski definition) is 3. The number of hydrogen-bond donors (Lipinski definition) is 2. The second-order valence-corrected chi connectivity index (χ2v) is 5.80. The van der Waals surface area contributed by atoms with Gasteiger partial charge in [0.2, 0.25) is 0 Å². The molecule has 0 spiro atoms. The molecule has 6 heteroatoms. The second kappa shape index (κ2) is 6.01. The first-order chi connectivity index (χ1) is 10.3. The first kappa shape index (κ1) is 15.8. The molecule has 0 atom stereocenters. The van der Waals surface area contributed by atoms with E-state index in [1.165, 1.54) is 0 Å². The van der Waals surface area contributed by atoms with Crippen molar-refractivity contribution in [2.75, 3.05) is 6.54 Å². The average Bonchev–Trinajstić information content (AvgIpc) is 2.91. The predicted octanol–water partition coefficient (Wildman–Crippen LogP) is 2.02. The van der Waals surface area contributed by atoms with Crippen molar-refractivity contribution in [3.63, 3.8) is 0 Å². The topological polar surface area (TPSA) is 84.2 Å². The largest absolute Gasteiger partial charge is 0.481 e. The molecule has 0 aliphatic carbocycles. The molecule has 2 aromatic rings. The Bertz CT molecular complexity index is 687. The Morgan fingerprint density at radius 3 is 2.36 bits per heavy atom. The normalized spacial score (nSPS) is 11.2. The van der Waals surface area contributed by atoms with Crippen LogP contribution < -0.4 is 5.32 Å². The second-order valence-electron chi connectivity index (χ2n) is 5.80. The van der Waals surface area contributed by atoms with Gasteiger partial charge in [-0.1, -0.05) is 0 Å². The summed E-state index contributed by atoms with van der Waals surface area (Å²) in [5.41, 5.74) is 1.35. The van der Waals surface area contributed by atoms with Crippen molar-refractivity contribution in [3.05, 3.63) is 47.8 Å². The summed E-state index contributed by atoms with van der Waals surface area (Å²) >= 11 is 0. The molecule has 0 saturated carbocycles. The molecule has 0 radical (unpaired) electrons. The standard InChI is InChI=1S/C16H19N3O3/c1-11-8-9-18-19(11)13-6-4-12(5-7-13)14(20)17-10-16(2,3)15(21)22/h4-9H,10H2,1-3H3,(H,17,20)(H,21,22). The van der Waals surface area contributed by atoms with Gasteiger partial charge in [-0.25, -0.2) is 4.68 Å². The van der Waals surface area contributed by atoms with E-state index < -0.39 is 11.4 Å². The monoisotopic (exact) mass is 301 g/mol. The summed E-state index contributed by atoms with van der Waals surface area (Å²) in [6.07, 6.45) is 1.71. The fourth-order valence-corrected chi connectivity index (χ4v) is 1.87. The lowest BCUT2D eigenvalue weighted by molar-refractivity contribution is -0.146. The number of rotatable bonds is 5. The van der Waals surface area contributed by atoms with E-state index in [0.717, 1.165) is 11.4 Å². The van der Waals surface area contributed by atoms with E-state index in [0.29, 0.717) is 5.56 Å². The first-order valence-electron chi connectivity index (χ1n) is 6.94. The number of carbonyl (C=O) groups is 2. The number of aromatic nitrogens is 2. The SMILES string of the molecule is Cc1ccnn1-c1ccc(C(=O)NCC(C)(C)C(=O)O)cc1. The van der Waals surface area contributed by atoms with Crippen LogP contribution in [0.25, 0.3) is 5.69 Å². The van der Waals surface area contributed by atoms with Crippen LogP contribution in [0.5, 0.6) is 0 Å². The highest BCUT2D eigenvalue weighted by molar-refractivity contribution is 5.94. The highest BCUT2D eigenvalue weighted by Gasteiger charge is 2.27. The molecule has 1 aromatic heterocycles. The predicted molar refractivity (Wildman–Crippen MR) is 82.1 cm³/mol. The molecular formula is C16H19N3O3. The third-order valence-corrected chi connectivity index (χ3v) is 3.48. The van der Waals surface area contributed by atoms with Crippen molar-refractivity contribution in [1.29, 1.82) is 0 Å². The molecule has 1 amide bonds. The molecule has 1 heterocycles. The zero-order valence-electron chi connectivity index (χ0n) is 12.8. The van der Waals surface area contributed by atoms with Gasteiger partial charge in [-0.3, -0.25) is 9.59 Å². The van der Waals surface area contributed by atoms with Crippen molar-refractivity contribution in [2.45, 2.75) is 20.8 Å². The third-order valence-electron chi connectivity index (χ3n) is 3.48. The van der Waals surface area contributed by atoms with E-state index in [1.807, 2.05) is 13.0 Å². The number of nitrogens with zero attached hydrogens (tertiary/aromatic N) is 2. The molecule has 0 saturated heterocycles. The van der Waals surface area contributed by atoms with Crippen molar-refractivity contribution in [1.82, 2.24) is 15.1 Å². The molecule has 0 aliphatic rings. The molecule has 0 fully saturated rings. The molecule has 1 aromatic carbocycles. The highest BCUT2D eigenvalue weighted by atomic mass is 16.4. The Hall–Kier alpha value is -2.63. The Labute approximate surface area is 128 Å². The minimum Gasteiger partial charge on any atom is -0.481 e. The van der Waals surface area contributed by atoms with Gasteiger partial charge < -0.3 is 10.4 Å². The summed E-state index contributed by atoms with van der Waals surface area (Å²) < 4.78 is 1.77. The molecule has 2 N–H and O–H groups in total. The maximum atomic E-state index is 12.1. The molecule has 0 bridgehead atoms. The lowest BCUT2D eigenvalue weighted by atomic mass is 9.94. The van der Waals surface area contributed by atoms with Gasteiger partial charge in [0.15, 0.2) is 0 Å². The van der Waals surface area contributed by atoms with Gasteiger partial charge >= 0.3 is 5.97 Å². The Balaban J connectivity index is 2.06. The molecule has 2 rings (SSSR count). The Morgan fingerprint density at radius 2 is 1.86 bits per heavy atom. The maximum Gasteiger partial charge on any atom is 0.310 e. The highest BCUT2D eigenvalue weighted by Crippen LogP contribution is 2.14. The number of nitrogens with one attached hydrogen (secondary N) is 1. The Kier molecular flexibility index (Phi) is 4.30. The van der Waals surface area contributed by atoms with Crippen LogP contribution in [-0.4, -0.2) is 33.3 Å². The smallest absolute Gasteiger partial charge is 0.310 e. The van der Waals surface area contributed by atoms with Crippen molar-refractivity contribution < 1.29 is 14.7 Å². The summed E-state index contributed by atoms with van der Waals surface area (Å²) in [4.78, 5) is 23.1. The maximum absolute atomic E-state index is 12.1. The zero-order valence-corrected chi connectivity index (χ0v) is 12.8. The van der Waals surface area contributed by atoms with Crippen LogP contribution in [0, 0.1) is 12.3 Å². The first-order valence-corrected chi connectivity index (χ1v) is 6.94. The van der Waals surface area contributed by atoms with Crippen LogP contribution >= 0.6 is 0 Å². The lowest BCUT2D eigenvalue weighted by Crippen LogP contribution is -2.38. The van der Waals surface area contributed by atoms with Gasteiger partial charge in [0, 0.05) is 24.0 Å². The summed E-state index contributed by atoms with van der Waals surface area (Å²) in [6, 6.07) is 8.89. The van der Waals surface area contributed by atoms with E-state index >= 15 is 0 Å². The van der Waals surface area contributed by atoms with Gasteiger partial charge in [0.05, 0.1) is 11.1 Å². The molecule has 22 heavy (non-hydrogen) atoms. The summed E-state index contributed by atoms with van der Waals surface area (Å²) in [7, 11) is 0. The summed E-state index contributed by atoms with van der Waals surface area (Å²) in [5.74, 6) is -1.24. The number of benzene rings is 1. The summed E-state index contributed by atoms with van der Waals surface area (Å²) in [6.45, 7) is 5.15. The lowest BCUT2D eigenvalue weighted by Gasteiger charge is -2.19. The molecular weight excluding hydrogens is 282 g/mol. The third kappa shape index (κ3) is 3.33. The number of aryl methyl sites for hydroxylation is 1. The van der Waals surface area contributed by atoms with E-state index in [4.69, 9.17) is 5.11 Å². The zero-order chi connectivity index (χ0) is 16.3.